The summed E-state index contributed by atoms with van der Waals surface area (Å²) in [7, 11) is 1.79. The van der Waals surface area contributed by atoms with Crippen LogP contribution in [-0.4, -0.2) is 23.7 Å². The van der Waals surface area contributed by atoms with Crippen LogP contribution in [0.15, 0.2) is 84.9 Å². The molecule has 1 aliphatic rings. The summed E-state index contributed by atoms with van der Waals surface area (Å²) in [6, 6.07) is 27.6. The molecule has 0 N–H and O–H groups in total. The van der Waals surface area contributed by atoms with Gasteiger partial charge in [-0.25, -0.2) is 0 Å². The van der Waals surface area contributed by atoms with Gasteiger partial charge in [-0.05, 0) is 35.2 Å². The lowest BCUT2D eigenvalue weighted by Gasteiger charge is -2.38. The number of carbonyl (C=O) groups excluding carboxylic acids is 2. The van der Waals surface area contributed by atoms with E-state index in [9.17, 15) is 9.59 Å². The second-order valence-corrected chi connectivity index (χ2v) is 9.00. The van der Waals surface area contributed by atoms with Crippen LogP contribution in [0, 0.1) is 0 Å². The number of hydrogen-bond acceptors (Lipinski definition) is 3. The highest BCUT2D eigenvalue weighted by Gasteiger charge is 2.46. The smallest absolute Gasteiger partial charge is 0.239 e. The molecule has 0 unspecified atom stereocenters. The largest absolute Gasteiger partial charge is 0.314 e. The highest BCUT2D eigenvalue weighted by Crippen LogP contribution is 2.46. The van der Waals surface area contributed by atoms with Gasteiger partial charge in [0, 0.05) is 29.8 Å². The molecule has 0 saturated heterocycles. The Bertz CT molecular complexity index is 1610. The molecule has 6 rings (SSSR count). The number of amides is 1. The van der Waals surface area contributed by atoms with E-state index >= 15 is 0 Å². The van der Waals surface area contributed by atoms with Gasteiger partial charge < -0.3 is 4.90 Å². The maximum Gasteiger partial charge on any atom is 0.239 e. The zero-order valence-corrected chi connectivity index (χ0v) is 18.5. The standard InChI is InChI=1S/C29H22N2O2/c1-29(17-24(32)19-10-4-3-5-11-19)27-26-21(13-8-14-23(26)31(2)28(29)33)25-20-12-7-6-9-18(20)15-16-22(25)30-27/h3-16H,17H2,1-2H3/t29-/m1/s1. The number of rotatable bonds is 3. The Morgan fingerprint density at radius 1 is 0.848 bits per heavy atom. The highest BCUT2D eigenvalue weighted by molar-refractivity contribution is 6.25. The number of nitrogens with zero attached hydrogens (tertiary/aromatic N) is 2. The number of fused-ring (bicyclic) bond motifs is 4. The van der Waals surface area contributed by atoms with Gasteiger partial charge in [-0.1, -0.05) is 72.8 Å². The normalized spacial score (nSPS) is 17.8. The Morgan fingerprint density at radius 2 is 1.58 bits per heavy atom. The lowest BCUT2D eigenvalue weighted by atomic mass is 9.74. The summed E-state index contributed by atoms with van der Waals surface area (Å²) in [4.78, 5) is 33.7. The third-order valence-electron chi connectivity index (χ3n) is 6.96. The molecule has 0 spiro atoms. The topological polar surface area (TPSA) is 50.3 Å². The number of pyridine rings is 1. The van der Waals surface area contributed by atoms with Crippen LogP contribution in [0.2, 0.25) is 0 Å². The average molecular weight is 431 g/mol. The summed E-state index contributed by atoms with van der Waals surface area (Å²) in [5.74, 6) is -0.174. The first-order valence-electron chi connectivity index (χ1n) is 11.1. The maximum absolute atomic E-state index is 13.7. The SMILES string of the molecule is CN1C(=O)[C@](C)(CC(=O)c2ccccc2)c2nc3ccc4ccccc4c3c3cccc1c23. The third-order valence-corrected chi connectivity index (χ3v) is 6.96. The van der Waals surface area contributed by atoms with E-state index in [4.69, 9.17) is 4.98 Å². The number of hydrogen-bond donors (Lipinski definition) is 0. The Hall–Kier alpha value is -4.05. The van der Waals surface area contributed by atoms with Gasteiger partial charge in [0.2, 0.25) is 5.91 Å². The van der Waals surface area contributed by atoms with Crippen LogP contribution in [-0.2, 0) is 10.2 Å². The maximum atomic E-state index is 13.7. The van der Waals surface area contributed by atoms with E-state index in [0.717, 1.165) is 38.1 Å². The van der Waals surface area contributed by atoms with E-state index < -0.39 is 5.41 Å². The van der Waals surface area contributed by atoms with Crippen LogP contribution < -0.4 is 4.90 Å². The van der Waals surface area contributed by atoms with Gasteiger partial charge in [0.05, 0.1) is 22.3 Å². The summed E-state index contributed by atoms with van der Waals surface area (Å²) in [5, 5.41) is 5.37. The molecule has 4 nitrogen and oxygen atoms in total. The van der Waals surface area contributed by atoms with E-state index in [0.29, 0.717) is 11.3 Å². The molecule has 0 radical (unpaired) electrons. The van der Waals surface area contributed by atoms with Crippen molar-refractivity contribution < 1.29 is 9.59 Å². The number of Topliss-reactive ketones (excluding diaryl/α,β-unsaturated/α-hetero) is 1. The average Bonchev–Trinajstić information content (AvgIpc) is 2.86. The molecule has 0 saturated carbocycles. The molecule has 4 aromatic carbocycles. The molecule has 2 heterocycles. The van der Waals surface area contributed by atoms with Crippen molar-refractivity contribution in [2.75, 3.05) is 11.9 Å². The molecule has 33 heavy (non-hydrogen) atoms. The molecule has 5 aromatic rings. The van der Waals surface area contributed by atoms with Gasteiger partial charge in [0.1, 0.15) is 0 Å². The number of ketones is 1. The van der Waals surface area contributed by atoms with Crippen molar-refractivity contribution in [3.63, 3.8) is 0 Å². The summed E-state index contributed by atoms with van der Waals surface area (Å²) >= 11 is 0. The van der Waals surface area contributed by atoms with E-state index in [1.54, 1.807) is 24.1 Å². The lowest BCUT2D eigenvalue weighted by Crippen LogP contribution is -2.48. The minimum Gasteiger partial charge on any atom is -0.314 e. The molecule has 0 aliphatic carbocycles. The highest BCUT2D eigenvalue weighted by atomic mass is 16.2. The fourth-order valence-electron chi connectivity index (χ4n) is 5.28. The van der Waals surface area contributed by atoms with Crippen molar-refractivity contribution in [3.8, 4) is 0 Å². The van der Waals surface area contributed by atoms with Crippen molar-refractivity contribution in [2.24, 2.45) is 0 Å². The van der Waals surface area contributed by atoms with Gasteiger partial charge >= 0.3 is 0 Å². The van der Waals surface area contributed by atoms with Gasteiger partial charge in [-0.3, -0.25) is 14.6 Å². The first kappa shape index (κ1) is 19.6. The van der Waals surface area contributed by atoms with E-state index in [1.807, 2.05) is 55.5 Å². The number of anilines is 1. The molecule has 160 valence electrons. The molecule has 1 aromatic heterocycles. The van der Waals surface area contributed by atoms with Crippen LogP contribution in [0.25, 0.3) is 32.4 Å². The minimum absolute atomic E-state index is 0.0622. The van der Waals surface area contributed by atoms with Gasteiger partial charge in [-0.15, -0.1) is 0 Å². The number of likely N-dealkylation sites (N-methyl/N-ethyl adjacent to an activating group) is 1. The molecule has 1 atom stereocenters. The summed E-state index contributed by atoms with van der Waals surface area (Å²) in [6.07, 6.45) is 0.0652. The van der Waals surface area contributed by atoms with Crippen molar-refractivity contribution in [2.45, 2.75) is 18.8 Å². The second-order valence-electron chi connectivity index (χ2n) is 9.00. The van der Waals surface area contributed by atoms with Gasteiger partial charge in [-0.2, -0.15) is 0 Å². The Kier molecular flexibility index (Phi) is 4.15. The molecule has 0 fully saturated rings. The van der Waals surface area contributed by atoms with Crippen molar-refractivity contribution in [1.29, 1.82) is 0 Å². The molecule has 0 bridgehead atoms. The van der Waals surface area contributed by atoms with E-state index in [-0.39, 0.29) is 18.1 Å². The monoisotopic (exact) mass is 430 g/mol. The van der Waals surface area contributed by atoms with Crippen LogP contribution in [0.4, 0.5) is 5.69 Å². The Balaban J connectivity index is 1.67. The van der Waals surface area contributed by atoms with Crippen molar-refractivity contribution in [1.82, 2.24) is 4.98 Å². The van der Waals surface area contributed by atoms with Gasteiger partial charge in [0.15, 0.2) is 5.78 Å². The van der Waals surface area contributed by atoms with E-state index in [2.05, 4.69) is 24.3 Å². The first-order chi connectivity index (χ1) is 16.0. The van der Waals surface area contributed by atoms with Crippen LogP contribution in [0.1, 0.15) is 29.4 Å². The molecule has 1 aliphatic heterocycles. The van der Waals surface area contributed by atoms with Crippen LogP contribution >= 0.6 is 0 Å². The zero-order valence-electron chi connectivity index (χ0n) is 18.5. The quantitative estimate of drug-likeness (QED) is 0.259. The van der Waals surface area contributed by atoms with Crippen LogP contribution in [0.5, 0.6) is 0 Å². The molecular weight excluding hydrogens is 408 g/mol. The van der Waals surface area contributed by atoms with E-state index in [1.165, 1.54) is 0 Å². The van der Waals surface area contributed by atoms with Gasteiger partial charge in [0.25, 0.3) is 0 Å². The van der Waals surface area contributed by atoms with Crippen molar-refractivity contribution >= 4 is 49.8 Å². The fourth-order valence-corrected chi connectivity index (χ4v) is 5.28. The molecule has 4 heteroatoms. The Labute approximate surface area is 191 Å². The zero-order chi connectivity index (χ0) is 22.7. The fraction of sp³-hybridized carbons (Fsp3) is 0.138. The second kappa shape index (κ2) is 6.97. The number of aromatic nitrogens is 1. The predicted molar refractivity (Wildman–Crippen MR) is 133 cm³/mol. The number of benzene rings is 4. The summed E-state index contributed by atoms with van der Waals surface area (Å²) in [6.45, 7) is 1.86. The van der Waals surface area contributed by atoms with Crippen molar-refractivity contribution in [3.05, 3.63) is 96.2 Å². The third kappa shape index (κ3) is 2.74. The predicted octanol–water partition coefficient (Wildman–Crippen LogP) is 6.05. The molecule has 1 amide bonds. The first-order valence-corrected chi connectivity index (χ1v) is 11.1. The summed E-state index contributed by atoms with van der Waals surface area (Å²) < 4.78 is 0. The number of carbonyl (C=O) groups is 2. The van der Waals surface area contributed by atoms with Crippen LogP contribution in [0.3, 0.4) is 0 Å². The minimum atomic E-state index is -1.06. The molecular formula is C29H22N2O2. The Morgan fingerprint density at radius 3 is 2.39 bits per heavy atom. The summed E-state index contributed by atoms with van der Waals surface area (Å²) in [5.41, 5.74) is 1.90. The lowest BCUT2D eigenvalue weighted by molar-refractivity contribution is -0.123.